The van der Waals surface area contributed by atoms with Crippen LogP contribution in [-0.4, -0.2) is 5.78 Å². The molecule has 3 heteroatoms. The van der Waals surface area contributed by atoms with Crippen molar-refractivity contribution in [2.45, 2.75) is 18.6 Å². The largest absolute Gasteiger partial charge is 0.460 e. The van der Waals surface area contributed by atoms with E-state index in [4.69, 9.17) is 9.47 Å². The van der Waals surface area contributed by atoms with Crippen molar-refractivity contribution in [2.24, 2.45) is 0 Å². The number of ketones is 1. The van der Waals surface area contributed by atoms with Gasteiger partial charge >= 0.3 is 0 Å². The number of allylic oxidation sites excluding steroid dienone is 2. The van der Waals surface area contributed by atoms with Crippen molar-refractivity contribution in [1.82, 2.24) is 0 Å². The molecule has 0 N–H and O–H groups in total. The van der Waals surface area contributed by atoms with E-state index >= 15 is 0 Å². The Morgan fingerprint density at radius 1 is 0.913 bits per heavy atom. The third kappa shape index (κ3) is 1.60. The molecule has 3 nitrogen and oxygen atoms in total. The smallest absolute Gasteiger partial charge is 0.163 e. The summed E-state index contributed by atoms with van der Waals surface area (Å²) in [5.74, 6) is 1.53. The van der Waals surface area contributed by atoms with Crippen molar-refractivity contribution in [3.8, 4) is 5.75 Å². The number of benzene rings is 2. The van der Waals surface area contributed by atoms with Gasteiger partial charge in [0.2, 0.25) is 0 Å². The Labute approximate surface area is 133 Å². The van der Waals surface area contributed by atoms with Crippen LogP contribution >= 0.6 is 0 Å². The lowest BCUT2D eigenvalue weighted by molar-refractivity contribution is -0.114. The van der Waals surface area contributed by atoms with E-state index in [-0.39, 0.29) is 12.2 Å². The van der Waals surface area contributed by atoms with Gasteiger partial charge < -0.3 is 9.47 Å². The molecule has 0 saturated heterocycles. The quantitative estimate of drug-likeness (QED) is 0.745. The van der Waals surface area contributed by atoms with E-state index in [1.54, 1.807) is 6.08 Å². The van der Waals surface area contributed by atoms with Gasteiger partial charge in [0, 0.05) is 11.1 Å². The lowest BCUT2D eigenvalue weighted by Crippen LogP contribution is -2.35. The third-order valence-corrected chi connectivity index (χ3v) is 4.79. The van der Waals surface area contributed by atoms with Crippen molar-refractivity contribution >= 4 is 5.78 Å². The Morgan fingerprint density at radius 2 is 1.70 bits per heavy atom. The Hall–Kier alpha value is -2.65. The van der Waals surface area contributed by atoms with Gasteiger partial charge in [0.15, 0.2) is 11.4 Å². The number of fused-ring (bicyclic) bond motifs is 5. The van der Waals surface area contributed by atoms with Gasteiger partial charge in [0.1, 0.15) is 11.5 Å². The molecule has 2 aromatic carbocycles. The number of hydrogen-bond acceptors (Lipinski definition) is 3. The maximum Gasteiger partial charge on any atom is 0.163 e. The number of rotatable bonds is 0. The summed E-state index contributed by atoms with van der Waals surface area (Å²) in [5.41, 5.74) is 3.60. The van der Waals surface area contributed by atoms with Gasteiger partial charge in [-0.1, -0.05) is 42.5 Å². The lowest BCUT2D eigenvalue weighted by Gasteiger charge is -2.39. The number of para-hydroxylation sites is 1. The minimum absolute atomic E-state index is 0.0598. The van der Waals surface area contributed by atoms with Gasteiger partial charge in [-0.3, -0.25) is 4.79 Å². The fourth-order valence-electron chi connectivity index (χ4n) is 3.81. The van der Waals surface area contributed by atoms with Crippen LogP contribution in [0, 0.1) is 0 Å². The molecule has 0 aromatic heterocycles. The molecule has 0 radical (unpaired) electrons. The summed E-state index contributed by atoms with van der Waals surface area (Å²) in [6.45, 7) is 0.559. The number of carbonyl (C=O) groups is 1. The normalized spacial score (nSPS) is 24.3. The highest BCUT2D eigenvalue weighted by atomic mass is 16.5. The van der Waals surface area contributed by atoms with Crippen LogP contribution in [0.15, 0.2) is 72.0 Å². The first-order valence-corrected chi connectivity index (χ1v) is 7.73. The molecule has 0 bridgehead atoms. The predicted octanol–water partition coefficient (Wildman–Crippen LogP) is 3.64. The maximum atomic E-state index is 11.8. The topological polar surface area (TPSA) is 35.5 Å². The molecular weight excluding hydrogens is 288 g/mol. The third-order valence-electron chi connectivity index (χ3n) is 4.79. The first kappa shape index (κ1) is 12.9. The highest BCUT2D eigenvalue weighted by Gasteiger charge is 2.50. The average Bonchev–Trinajstić information content (AvgIpc) is 2.95. The number of ether oxygens (including phenoxy) is 2. The van der Waals surface area contributed by atoms with Gasteiger partial charge in [-0.15, -0.1) is 0 Å². The van der Waals surface area contributed by atoms with Gasteiger partial charge in [0.05, 0.1) is 13.0 Å². The molecule has 112 valence electrons. The highest BCUT2D eigenvalue weighted by Crippen LogP contribution is 2.54. The van der Waals surface area contributed by atoms with Crippen molar-refractivity contribution in [3.05, 3.63) is 88.7 Å². The fraction of sp³-hybridized carbons (Fsp3) is 0.150. The second kappa shape index (κ2) is 4.43. The monoisotopic (exact) mass is 302 g/mol. The van der Waals surface area contributed by atoms with E-state index in [0.29, 0.717) is 12.4 Å². The average molecular weight is 302 g/mol. The molecule has 0 fully saturated rings. The second-order valence-electron chi connectivity index (χ2n) is 6.04. The summed E-state index contributed by atoms with van der Waals surface area (Å²) in [6.07, 6.45) is 3.77. The van der Waals surface area contributed by atoms with Crippen molar-refractivity contribution in [2.75, 3.05) is 0 Å². The predicted molar refractivity (Wildman–Crippen MR) is 84.9 cm³/mol. The van der Waals surface area contributed by atoms with Crippen molar-refractivity contribution in [3.63, 3.8) is 0 Å². The Kier molecular flexibility index (Phi) is 2.48. The highest BCUT2D eigenvalue weighted by molar-refractivity contribution is 5.94. The van der Waals surface area contributed by atoms with Crippen LogP contribution in [0.2, 0.25) is 0 Å². The molecule has 2 aliphatic heterocycles. The van der Waals surface area contributed by atoms with Crippen molar-refractivity contribution in [1.29, 1.82) is 0 Å². The standard InChI is InChI=1S/C20H14O3/c21-14-9-10-17-19(11-14)23-18-8-4-3-7-16(18)20(17)15-6-2-1-5-13(15)12-22-20/h1-10H,11-12H2. The van der Waals surface area contributed by atoms with Gasteiger partial charge in [-0.05, 0) is 29.3 Å². The molecule has 1 aliphatic carbocycles. The lowest BCUT2D eigenvalue weighted by atomic mass is 9.75. The summed E-state index contributed by atoms with van der Waals surface area (Å²) in [4.78, 5) is 11.8. The summed E-state index contributed by atoms with van der Waals surface area (Å²) in [7, 11) is 0. The van der Waals surface area contributed by atoms with Gasteiger partial charge in [0.25, 0.3) is 0 Å². The Bertz CT molecular complexity index is 907. The zero-order chi connectivity index (χ0) is 15.4. The first-order chi connectivity index (χ1) is 11.3. The first-order valence-electron chi connectivity index (χ1n) is 7.73. The molecule has 23 heavy (non-hydrogen) atoms. The zero-order valence-corrected chi connectivity index (χ0v) is 12.4. The SMILES string of the molecule is O=C1C=CC2=C(C1)Oc1ccccc1C21OCc2ccccc21. The molecule has 1 spiro atoms. The molecule has 2 heterocycles. The number of hydrogen-bond donors (Lipinski definition) is 0. The van der Waals surface area contributed by atoms with Crippen LogP contribution in [0.1, 0.15) is 23.1 Å². The minimum atomic E-state index is -0.669. The number of carbonyl (C=O) groups excluding carboxylic acids is 1. The van der Waals surface area contributed by atoms with Crippen LogP contribution in [0.5, 0.6) is 5.75 Å². The fourth-order valence-corrected chi connectivity index (χ4v) is 3.81. The van der Waals surface area contributed by atoms with E-state index in [1.807, 2.05) is 42.5 Å². The second-order valence-corrected chi connectivity index (χ2v) is 6.04. The minimum Gasteiger partial charge on any atom is -0.460 e. The van der Waals surface area contributed by atoms with E-state index in [1.165, 1.54) is 5.56 Å². The summed E-state index contributed by atoms with van der Waals surface area (Å²) in [5, 5.41) is 0. The van der Waals surface area contributed by atoms with Gasteiger partial charge in [-0.2, -0.15) is 0 Å². The van der Waals surface area contributed by atoms with E-state index < -0.39 is 5.60 Å². The van der Waals surface area contributed by atoms with E-state index in [0.717, 1.165) is 22.4 Å². The molecule has 3 aliphatic rings. The van der Waals surface area contributed by atoms with Gasteiger partial charge in [-0.25, -0.2) is 0 Å². The van der Waals surface area contributed by atoms with E-state index in [2.05, 4.69) is 12.1 Å². The zero-order valence-electron chi connectivity index (χ0n) is 12.4. The van der Waals surface area contributed by atoms with Crippen molar-refractivity contribution < 1.29 is 14.3 Å². The Morgan fingerprint density at radius 3 is 2.61 bits per heavy atom. The maximum absolute atomic E-state index is 11.8. The molecule has 0 amide bonds. The van der Waals surface area contributed by atoms with Crippen LogP contribution < -0.4 is 4.74 Å². The summed E-state index contributed by atoms with van der Waals surface area (Å²) >= 11 is 0. The molecule has 1 unspecified atom stereocenters. The summed E-state index contributed by atoms with van der Waals surface area (Å²) < 4.78 is 12.4. The summed E-state index contributed by atoms with van der Waals surface area (Å²) in [6, 6.07) is 16.2. The Balaban J connectivity index is 1.85. The molecular formula is C20H14O3. The van der Waals surface area contributed by atoms with Crippen LogP contribution in [0.3, 0.4) is 0 Å². The van der Waals surface area contributed by atoms with Crippen LogP contribution in [-0.2, 0) is 21.7 Å². The molecule has 0 saturated carbocycles. The van der Waals surface area contributed by atoms with Crippen LogP contribution in [0.25, 0.3) is 0 Å². The molecule has 2 aromatic rings. The molecule has 1 atom stereocenters. The molecule has 5 rings (SSSR count). The van der Waals surface area contributed by atoms with E-state index in [9.17, 15) is 4.79 Å². The van der Waals surface area contributed by atoms with Crippen LogP contribution in [0.4, 0.5) is 0 Å².